The average molecular weight is 228 g/mol. The molecule has 1 atom stereocenters. The zero-order valence-electron chi connectivity index (χ0n) is 8.05. The van der Waals surface area contributed by atoms with Crippen molar-refractivity contribution in [2.45, 2.75) is 6.10 Å². The normalized spacial score (nSPS) is 11.9. The maximum atomic E-state index is 13.0. The van der Waals surface area contributed by atoms with Crippen LogP contribution in [0, 0.1) is 5.95 Å². The van der Waals surface area contributed by atoms with E-state index < -0.39 is 30.5 Å². The van der Waals surface area contributed by atoms with Crippen LogP contribution in [-0.4, -0.2) is 39.7 Å². The summed E-state index contributed by atoms with van der Waals surface area (Å²) >= 11 is 0. The van der Waals surface area contributed by atoms with Crippen LogP contribution >= 0.6 is 0 Å². The molecule has 0 unspecified atom stereocenters. The third-order valence-electron chi connectivity index (χ3n) is 1.74. The zero-order valence-corrected chi connectivity index (χ0v) is 8.05. The third kappa shape index (κ3) is 2.99. The van der Waals surface area contributed by atoms with Gasteiger partial charge in [0.05, 0.1) is 12.1 Å². The number of carbonyl (C=O) groups excluding carboxylic acids is 1. The van der Waals surface area contributed by atoms with Gasteiger partial charge < -0.3 is 15.5 Å². The number of aromatic nitrogens is 1. The second kappa shape index (κ2) is 5.17. The molecule has 1 aromatic rings. The Hall–Kier alpha value is -2.02. The van der Waals surface area contributed by atoms with Crippen molar-refractivity contribution in [3.05, 3.63) is 29.8 Å². The lowest BCUT2D eigenvalue weighted by Crippen LogP contribution is -2.36. The zero-order chi connectivity index (χ0) is 12.1. The van der Waals surface area contributed by atoms with Crippen LogP contribution in [0.3, 0.4) is 0 Å². The van der Waals surface area contributed by atoms with Crippen molar-refractivity contribution in [2.24, 2.45) is 0 Å². The molecule has 1 heterocycles. The summed E-state index contributed by atoms with van der Waals surface area (Å²) in [6.07, 6.45) is -0.540. The first-order chi connectivity index (χ1) is 7.52. The maximum absolute atomic E-state index is 13.0. The maximum Gasteiger partial charge on any atom is 0.334 e. The van der Waals surface area contributed by atoms with Gasteiger partial charge in [0, 0.05) is 6.20 Å². The number of carbonyl (C=O) groups is 2. The fourth-order valence-corrected chi connectivity index (χ4v) is 0.927. The molecule has 7 heteroatoms. The Kier molecular flexibility index (Phi) is 3.90. The number of carboxylic acids is 1. The van der Waals surface area contributed by atoms with Gasteiger partial charge in [0.2, 0.25) is 5.95 Å². The molecule has 1 rings (SSSR count). The van der Waals surface area contributed by atoms with Crippen molar-refractivity contribution in [3.63, 3.8) is 0 Å². The molecule has 0 saturated heterocycles. The van der Waals surface area contributed by atoms with Crippen molar-refractivity contribution < 1.29 is 24.2 Å². The number of nitrogens with one attached hydrogen (secondary N) is 1. The number of aliphatic hydroxyl groups excluding tert-OH is 1. The molecule has 0 aliphatic heterocycles. The van der Waals surface area contributed by atoms with E-state index in [1.54, 1.807) is 0 Å². The number of hydrogen-bond donors (Lipinski definition) is 3. The molecule has 3 N–H and O–H groups in total. The fourth-order valence-electron chi connectivity index (χ4n) is 0.927. The van der Waals surface area contributed by atoms with E-state index in [4.69, 9.17) is 10.2 Å². The highest BCUT2D eigenvalue weighted by atomic mass is 19.1. The van der Waals surface area contributed by atoms with Gasteiger partial charge in [-0.2, -0.15) is 4.39 Å². The number of nitrogens with zero attached hydrogens (tertiary/aromatic N) is 1. The minimum absolute atomic E-state index is 0.305. The van der Waals surface area contributed by atoms with E-state index in [2.05, 4.69) is 10.3 Å². The summed E-state index contributed by atoms with van der Waals surface area (Å²) in [6, 6.07) is 2.57. The molecular weight excluding hydrogens is 219 g/mol. The van der Waals surface area contributed by atoms with Crippen molar-refractivity contribution >= 4 is 11.9 Å². The number of aliphatic hydroxyl groups is 1. The second-order valence-electron chi connectivity index (χ2n) is 2.91. The van der Waals surface area contributed by atoms with Crippen LogP contribution in [0.1, 0.15) is 10.4 Å². The molecular formula is C9H9FN2O4. The summed E-state index contributed by atoms with van der Waals surface area (Å²) in [4.78, 5) is 24.8. The van der Waals surface area contributed by atoms with Crippen LogP contribution < -0.4 is 5.32 Å². The second-order valence-corrected chi connectivity index (χ2v) is 2.91. The number of amides is 1. The van der Waals surface area contributed by atoms with E-state index in [0.717, 1.165) is 0 Å². The van der Waals surface area contributed by atoms with Gasteiger partial charge in [-0.1, -0.05) is 0 Å². The summed E-state index contributed by atoms with van der Waals surface area (Å²) < 4.78 is 13.0. The SMILES string of the molecule is O=C(NC[C@H](O)C(=O)O)c1cccnc1F. The third-order valence-corrected chi connectivity index (χ3v) is 1.74. The van der Waals surface area contributed by atoms with E-state index in [1.807, 2.05) is 0 Å². The predicted molar refractivity (Wildman–Crippen MR) is 50.2 cm³/mol. The van der Waals surface area contributed by atoms with Gasteiger partial charge in [-0.05, 0) is 12.1 Å². The Morgan fingerprint density at radius 2 is 2.25 bits per heavy atom. The summed E-state index contributed by atoms with van der Waals surface area (Å²) in [7, 11) is 0. The quantitative estimate of drug-likeness (QED) is 0.597. The topological polar surface area (TPSA) is 99.5 Å². The number of hydrogen-bond acceptors (Lipinski definition) is 4. The summed E-state index contributed by atoms with van der Waals surface area (Å²) in [6.45, 7) is -0.498. The number of halogens is 1. The largest absolute Gasteiger partial charge is 0.479 e. The molecule has 1 aromatic heterocycles. The van der Waals surface area contributed by atoms with Gasteiger partial charge in [-0.25, -0.2) is 9.78 Å². The van der Waals surface area contributed by atoms with Gasteiger partial charge in [-0.15, -0.1) is 0 Å². The highest BCUT2D eigenvalue weighted by Gasteiger charge is 2.16. The van der Waals surface area contributed by atoms with E-state index in [0.29, 0.717) is 0 Å². The van der Waals surface area contributed by atoms with Crippen molar-refractivity contribution in [3.8, 4) is 0 Å². The molecule has 0 bridgehead atoms. The Bertz CT molecular complexity index is 410. The van der Waals surface area contributed by atoms with Gasteiger partial charge in [-0.3, -0.25) is 4.79 Å². The standard InChI is InChI=1S/C9H9FN2O4/c10-7-5(2-1-3-11-7)8(14)12-4-6(13)9(15)16/h1-3,6,13H,4H2,(H,12,14)(H,15,16)/t6-/m0/s1. The molecule has 86 valence electrons. The minimum Gasteiger partial charge on any atom is -0.479 e. The van der Waals surface area contributed by atoms with E-state index in [1.165, 1.54) is 18.3 Å². The first kappa shape index (κ1) is 12.1. The van der Waals surface area contributed by atoms with Crippen LogP contribution in [-0.2, 0) is 4.79 Å². The molecule has 0 aliphatic carbocycles. The van der Waals surface area contributed by atoms with Gasteiger partial charge in [0.15, 0.2) is 6.10 Å². The highest BCUT2D eigenvalue weighted by Crippen LogP contribution is 2.02. The molecule has 0 aromatic carbocycles. The van der Waals surface area contributed by atoms with Gasteiger partial charge in [0.1, 0.15) is 0 Å². The monoisotopic (exact) mass is 228 g/mol. The molecule has 0 spiro atoms. The van der Waals surface area contributed by atoms with Crippen molar-refractivity contribution in [1.29, 1.82) is 0 Å². The highest BCUT2D eigenvalue weighted by molar-refractivity contribution is 5.94. The summed E-state index contributed by atoms with van der Waals surface area (Å²) in [5.41, 5.74) is -0.305. The Morgan fingerprint density at radius 3 is 2.81 bits per heavy atom. The molecule has 0 radical (unpaired) electrons. The molecule has 0 aliphatic rings. The van der Waals surface area contributed by atoms with E-state index in [-0.39, 0.29) is 5.56 Å². The Labute approximate surface area is 89.7 Å². The summed E-state index contributed by atoms with van der Waals surface area (Å²) in [5.74, 6) is -3.25. The number of pyridine rings is 1. The molecule has 16 heavy (non-hydrogen) atoms. The Balaban J connectivity index is 2.60. The minimum atomic E-state index is -1.72. The average Bonchev–Trinajstić information content (AvgIpc) is 2.25. The predicted octanol–water partition coefficient (Wildman–Crippen LogP) is -0.604. The number of rotatable bonds is 4. The molecule has 6 nitrogen and oxygen atoms in total. The number of carboxylic acid groups (broad SMARTS) is 1. The van der Waals surface area contributed by atoms with Crippen LogP contribution in [0.5, 0.6) is 0 Å². The van der Waals surface area contributed by atoms with Crippen molar-refractivity contribution in [2.75, 3.05) is 6.54 Å². The van der Waals surface area contributed by atoms with Crippen LogP contribution in [0.2, 0.25) is 0 Å². The molecule has 1 amide bonds. The lowest BCUT2D eigenvalue weighted by atomic mass is 10.2. The van der Waals surface area contributed by atoms with E-state index >= 15 is 0 Å². The molecule has 0 saturated carbocycles. The van der Waals surface area contributed by atoms with E-state index in [9.17, 15) is 14.0 Å². The summed E-state index contributed by atoms with van der Waals surface area (Å²) in [5, 5.41) is 19.3. The number of aliphatic carboxylic acids is 1. The first-order valence-corrected chi connectivity index (χ1v) is 4.32. The van der Waals surface area contributed by atoms with Gasteiger partial charge >= 0.3 is 5.97 Å². The Morgan fingerprint density at radius 1 is 1.56 bits per heavy atom. The lowest BCUT2D eigenvalue weighted by molar-refractivity contribution is -0.146. The van der Waals surface area contributed by atoms with Crippen LogP contribution in [0.25, 0.3) is 0 Å². The smallest absolute Gasteiger partial charge is 0.334 e. The van der Waals surface area contributed by atoms with Crippen LogP contribution in [0.4, 0.5) is 4.39 Å². The first-order valence-electron chi connectivity index (χ1n) is 4.32. The van der Waals surface area contributed by atoms with Crippen LogP contribution in [0.15, 0.2) is 18.3 Å². The van der Waals surface area contributed by atoms with Crippen molar-refractivity contribution in [1.82, 2.24) is 10.3 Å². The fraction of sp³-hybridized carbons (Fsp3) is 0.222. The van der Waals surface area contributed by atoms with Gasteiger partial charge in [0.25, 0.3) is 5.91 Å². The lowest BCUT2D eigenvalue weighted by Gasteiger charge is -2.07. The molecule has 0 fully saturated rings.